The largest absolute Gasteiger partial charge is 0.0620 e. The van der Waals surface area contributed by atoms with Crippen molar-refractivity contribution in [2.75, 3.05) is 0 Å². The molecule has 20 heavy (non-hydrogen) atoms. The van der Waals surface area contributed by atoms with Crippen LogP contribution in [0.2, 0.25) is 0 Å². The fraction of sp³-hybridized carbons (Fsp3) is 0.700. The van der Waals surface area contributed by atoms with Crippen LogP contribution in [0.4, 0.5) is 0 Å². The summed E-state index contributed by atoms with van der Waals surface area (Å²) in [6.45, 7) is 0. The minimum Gasteiger partial charge on any atom is -0.0620 e. The Balaban J connectivity index is 1.65. The van der Waals surface area contributed by atoms with Crippen LogP contribution < -0.4 is 0 Å². The summed E-state index contributed by atoms with van der Waals surface area (Å²) in [6, 6.07) is 9.42. The molecule has 2 unspecified atom stereocenters. The lowest BCUT2D eigenvalue weighted by molar-refractivity contribution is 0.227. The standard InChI is InChI=1S/C20H28/c1-2-4-20-18-12-10-16-7-5-15(6-8-16)9-11-17(13-14-18)19(20)3-1/h1-4,15-18H,5-14H2. The normalized spacial score (nSPS) is 37.0. The zero-order chi connectivity index (χ0) is 13.4. The molecule has 7 rings (SSSR count). The highest BCUT2D eigenvalue weighted by Gasteiger charge is 2.30. The first-order valence-corrected chi connectivity index (χ1v) is 8.99. The summed E-state index contributed by atoms with van der Waals surface area (Å²) in [7, 11) is 0. The number of hydrogen-bond acceptors (Lipinski definition) is 0. The van der Waals surface area contributed by atoms with Gasteiger partial charge in [-0.3, -0.25) is 0 Å². The van der Waals surface area contributed by atoms with Crippen molar-refractivity contribution in [3.05, 3.63) is 35.4 Å². The molecule has 4 bridgehead atoms. The van der Waals surface area contributed by atoms with E-state index in [9.17, 15) is 0 Å². The summed E-state index contributed by atoms with van der Waals surface area (Å²) in [6.07, 6.45) is 14.9. The molecule has 0 saturated heterocycles. The van der Waals surface area contributed by atoms with E-state index in [1.165, 1.54) is 64.2 Å². The average Bonchev–Trinajstić information content (AvgIpc) is 2.50. The van der Waals surface area contributed by atoms with Crippen LogP contribution in [0.1, 0.15) is 87.2 Å². The van der Waals surface area contributed by atoms with E-state index in [2.05, 4.69) is 24.3 Å². The molecule has 6 aliphatic rings. The molecule has 1 aromatic rings. The zero-order valence-electron chi connectivity index (χ0n) is 12.7. The fourth-order valence-electron chi connectivity index (χ4n) is 5.25. The summed E-state index contributed by atoms with van der Waals surface area (Å²) in [5, 5.41) is 0. The van der Waals surface area contributed by atoms with Crippen LogP contribution in [0.15, 0.2) is 24.3 Å². The molecule has 0 nitrogen and oxygen atoms in total. The van der Waals surface area contributed by atoms with E-state index in [4.69, 9.17) is 0 Å². The molecule has 0 heterocycles. The molecule has 0 amide bonds. The van der Waals surface area contributed by atoms with Crippen LogP contribution in [0.5, 0.6) is 0 Å². The van der Waals surface area contributed by atoms with Crippen molar-refractivity contribution < 1.29 is 0 Å². The van der Waals surface area contributed by atoms with Gasteiger partial charge < -0.3 is 0 Å². The highest BCUT2D eigenvalue weighted by molar-refractivity contribution is 5.35. The van der Waals surface area contributed by atoms with Crippen LogP contribution in [-0.2, 0) is 0 Å². The lowest BCUT2D eigenvalue weighted by Crippen LogP contribution is -2.21. The van der Waals surface area contributed by atoms with Crippen LogP contribution in [0.3, 0.4) is 0 Å². The number of hydrogen-bond donors (Lipinski definition) is 0. The van der Waals surface area contributed by atoms with Gasteiger partial charge in [-0.2, -0.15) is 0 Å². The maximum atomic E-state index is 2.44. The van der Waals surface area contributed by atoms with E-state index in [0.717, 1.165) is 23.7 Å². The van der Waals surface area contributed by atoms with Crippen molar-refractivity contribution in [3.63, 3.8) is 0 Å². The fourth-order valence-corrected chi connectivity index (χ4v) is 5.25. The maximum absolute atomic E-state index is 2.44. The lowest BCUT2D eigenvalue weighted by Gasteiger charge is -2.36. The van der Waals surface area contributed by atoms with Gasteiger partial charge in [0.1, 0.15) is 0 Å². The van der Waals surface area contributed by atoms with Gasteiger partial charge in [-0.1, -0.05) is 49.9 Å². The summed E-state index contributed by atoms with van der Waals surface area (Å²) < 4.78 is 0. The van der Waals surface area contributed by atoms with E-state index in [0.29, 0.717) is 0 Å². The third kappa shape index (κ3) is 2.43. The predicted molar refractivity (Wildman–Crippen MR) is 85.1 cm³/mol. The van der Waals surface area contributed by atoms with Gasteiger partial charge in [0, 0.05) is 0 Å². The third-order valence-electron chi connectivity index (χ3n) is 6.55. The Bertz CT molecular complexity index is 410. The summed E-state index contributed by atoms with van der Waals surface area (Å²) >= 11 is 0. The predicted octanol–water partition coefficient (Wildman–Crippen LogP) is 6.03. The highest BCUT2D eigenvalue weighted by Crippen LogP contribution is 2.46. The summed E-state index contributed by atoms with van der Waals surface area (Å²) in [4.78, 5) is 0. The Morgan fingerprint density at radius 3 is 1.30 bits per heavy atom. The Labute approximate surface area is 124 Å². The van der Waals surface area contributed by atoms with Crippen LogP contribution in [-0.4, -0.2) is 0 Å². The van der Waals surface area contributed by atoms with Gasteiger partial charge in [0.05, 0.1) is 0 Å². The molecule has 3 fully saturated rings. The first kappa shape index (κ1) is 12.9. The lowest BCUT2D eigenvalue weighted by atomic mass is 9.69. The van der Waals surface area contributed by atoms with Crippen molar-refractivity contribution in [2.24, 2.45) is 11.8 Å². The molecule has 0 spiro atoms. The Morgan fingerprint density at radius 1 is 0.500 bits per heavy atom. The second-order valence-corrected chi connectivity index (χ2v) is 7.64. The average molecular weight is 268 g/mol. The summed E-state index contributed by atoms with van der Waals surface area (Å²) in [5.74, 6) is 3.85. The van der Waals surface area contributed by atoms with Crippen LogP contribution in [0, 0.1) is 11.8 Å². The summed E-state index contributed by atoms with van der Waals surface area (Å²) in [5.41, 5.74) is 3.44. The molecule has 0 aliphatic heterocycles. The van der Waals surface area contributed by atoms with E-state index < -0.39 is 0 Å². The molecule has 6 aliphatic carbocycles. The molecule has 1 aromatic carbocycles. The smallest absolute Gasteiger partial charge is 0.0159 e. The van der Waals surface area contributed by atoms with Gasteiger partial charge in [-0.25, -0.2) is 0 Å². The van der Waals surface area contributed by atoms with Gasteiger partial charge in [-0.05, 0) is 73.3 Å². The van der Waals surface area contributed by atoms with Gasteiger partial charge in [-0.15, -0.1) is 0 Å². The zero-order valence-corrected chi connectivity index (χ0v) is 12.7. The van der Waals surface area contributed by atoms with Crippen molar-refractivity contribution in [2.45, 2.75) is 76.0 Å². The minimum absolute atomic E-state index is 0.875. The van der Waals surface area contributed by atoms with Crippen molar-refractivity contribution in [1.82, 2.24) is 0 Å². The topological polar surface area (TPSA) is 0 Å². The van der Waals surface area contributed by atoms with Gasteiger partial charge in [0.25, 0.3) is 0 Å². The second-order valence-electron chi connectivity index (χ2n) is 7.64. The monoisotopic (exact) mass is 268 g/mol. The third-order valence-corrected chi connectivity index (χ3v) is 6.55. The van der Waals surface area contributed by atoms with E-state index in [1.807, 2.05) is 0 Å². The SMILES string of the molecule is c1ccc2c(c1)C1CCC3CCC(CC3)CCC2CC1. The van der Waals surface area contributed by atoms with Gasteiger partial charge >= 0.3 is 0 Å². The van der Waals surface area contributed by atoms with Crippen molar-refractivity contribution in [1.29, 1.82) is 0 Å². The maximum Gasteiger partial charge on any atom is -0.0159 e. The van der Waals surface area contributed by atoms with E-state index in [1.54, 1.807) is 11.1 Å². The van der Waals surface area contributed by atoms with Gasteiger partial charge in [0.2, 0.25) is 0 Å². The number of benzene rings is 1. The molecular weight excluding hydrogens is 240 g/mol. The first-order valence-electron chi connectivity index (χ1n) is 8.99. The Kier molecular flexibility index (Phi) is 3.58. The van der Waals surface area contributed by atoms with E-state index in [-0.39, 0.29) is 0 Å². The quantitative estimate of drug-likeness (QED) is 0.539. The van der Waals surface area contributed by atoms with E-state index >= 15 is 0 Å². The molecule has 0 aromatic heterocycles. The van der Waals surface area contributed by atoms with Gasteiger partial charge in [0.15, 0.2) is 0 Å². The molecule has 3 saturated carbocycles. The minimum atomic E-state index is 0.875. The molecule has 0 radical (unpaired) electrons. The van der Waals surface area contributed by atoms with Crippen molar-refractivity contribution >= 4 is 0 Å². The Hall–Kier alpha value is -0.780. The molecule has 0 heteroatoms. The van der Waals surface area contributed by atoms with Crippen molar-refractivity contribution in [3.8, 4) is 0 Å². The first-order chi connectivity index (χ1) is 9.90. The Morgan fingerprint density at radius 2 is 0.850 bits per heavy atom. The molecule has 108 valence electrons. The van der Waals surface area contributed by atoms with Crippen LogP contribution in [0.25, 0.3) is 0 Å². The number of rotatable bonds is 0. The highest BCUT2D eigenvalue weighted by atomic mass is 14.4. The molecule has 2 atom stereocenters. The van der Waals surface area contributed by atoms with Crippen LogP contribution >= 0.6 is 0 Å². The molecular formula is C20H28. The second kappa shape index (κ2) is 5.54. The molecule has 0 N–H and O–H groups in total.